The number of nitrogens with zero attached hydrogens (tertiary/aromatic N) is 2. The lowest BCUT2D eigenvalue weighted by Crippen LogP contribution is -2.37. The number of ether oxygens (including phenoxy) is 1. The Hall–Kier alpha value is -3.09. The zero-order chi connectivity index (χ0) is 21.3. The summed E-state index contributed by atoms with van der Waals surface area (Å²) in [5.74, 6) is 1.27. The van der Waals surface area contributed by atoms with Gasteiger partial charge in [0.05, 0.1) is 12.7 Å². The number of hydrogen-bond donors (Lipinski definition) is 0. The average molecular weight is 409 g/mol. The molecule has 1 fully saturated rings. The Labute approximate surface area is 184 Å². The van der Waals surface area contributed by atoms with Crippen LogP contribution >= 0.6 is 0 Å². The van der Waals surface area contributed by atoms with Gasteiger partial charge >= 0.3 is 0 Å². The molecule has 0 bridgehead atoms. The van der Waals surface area contributed by atoms with Crippen LogP contribution < -0.4 is 4.74 Å². The van der Waals surface area contributed by atoms with Gasteiger partial charge in [0.2, 0.25) is 0 Å². The Morgan fingerprint density at radius 2 is 1.68 bits per heavy atom. The summed E-state index contributed by atoms with van der Waals surface area (Å²) in [4.78, 5) is 2.54. The standard InChI is InChI=1S/C28H28N2O/c1-21(22-12-13-27-23(18-22)15-17-31-27)30-16-14-26(19-30)28(20-29,24-8-4-2-5-9-24)25-10-6-3-7-11-25/h2-13,18,21,26H,14-17,19H2,1H3/t21-,26-/m1/s1. The van der Waals surface area contributed by atoms with E-state index in [1.165, 1.54) is 11.1 Å². The number of fused-ring (bicyclic) bond motifs is 1. The molecule has 2 heterocycles. The van der Waals surface area contributed by atoms with Gasteiger partial charge in [-0.1, -0.05) is 72.8 Å². The number of benzene rings is 3. The average Bonchev–Trinajstić information content (AvgIpc) is 3.51. The fourth-order valence-corrected chi connectivity index (χ4v) is 5.43. The normalized spacial score (nSPS) is 19.4. The van der Waals surface area contributed by atoms with E-state index in [-0.39, 0.29) is 5.92 Å². The van der Waals surface area contributed by atoms with Crippen molar-refractivity contribution in [3.8, 4) is 11.8 Å². The first kappa shape index (κ1) is 19.8. The van der Waals surface area contributed by atoms with E-state index >= 15 is 0 Å². The quantitative estimate of drug-likeness (QED) is 0.558. The number of rotatable bonds is 5. The predicted molar refractivity (Wildman–Crippen MR) is 123 cm³/mol. The summed E-state index contributed by atoms with van der Waals surface area (Å²) in [5, 5.41) is 10.6. The molecular weight excluding hydrogens is 380 g/mol. The molecule has 0 saturated carbocycles. The lowest BCUT2D eigenvalue weighted by atomic mass is 9.66. The summed E-state index contributed by atoms with van der Waals surface area (Å²) in [6.45, 7) is 4.99. The summed E-state index contributed by atoms with van der Waals surface area (Å²) in [5.41, 5.74) is 4.21. The van der Waals surface area contributed by atoms with Crippen molar-refractivity contribution >= 4 is 0 Å². The number of hydrogen-bond acceptors (Lipinski definition) is 3. The van der Waals surface area contributed by atoms with E-state index in [9.17, 15) is 5.26 Å². The minimum atomic E-state index is -0.636. The van der Waals surface area contributed by atoms with Crippen LogP contribution in [0.4, 0.5) is 0 Å². The maximum atomic E-state index is 10.6. The summed E-state index contributed by atoms with van der Waals surface area (Å²) < 4.78 is 5.68. The Bertz CT molecular complexity index is 1050. The van der Waals surface area contributed by atoms with Crippen molar-refractivity contribution in [3.63, 3.8) is 0 Å². The van der Waals surface area contributed by atoms with Crippen molar-refractivity contribution < 1.29 is 4.74 Å². The second kappa shape index (κ2) is 8.21. The zero-order valence-electron chi connectivity index (χ0n) is 18.0. The SMILES string of the molecule is C[C@H](c1ccc2c(c1)CCO2)N1CC[C@@H](C(C#N)(c2ccccc2)c2ccccc2)C1. The van der Waals surface area contributed by atoms with Crippen molar-refractivity contribution in [1.82, 2.24) is 4.90 Å². The van der Waals surface area contributed by atoms with Crippen LogP contribution in [-0.4, -0.2) is 24.6 Å². The molecule has 0 unspecified atom stereocenters. The highest BCUT2D eigenvalue weighted by Crippen LogP contribution is 2.44. The van der Waals surface area contributed by atoms with E-state index in [1.807, 2.05) is 36.4 Å². The van der Waals surface area contributed by atoms with Gasteiger partial charge in [-0.2, -0.15) is 5.26 Å². The van der Waals surface area contributed by atoms with Gasteiger partial charge in [0, 0.05) is 19.0 Å². The predicted octanol–water partition coefficient (Wildman–Crippen LogP) is 5.51. The molecule has 0 amide bonds. The second-order valence-corrected chi connectivity index (χ2v) is 8.77. The largest absolute Gasteiger partial charge is 0.493 e. The molecule has 0 aromatic heterocycles. The fraction of sp³-hybridized carbons (Fsp3) is 0.321. The van der Waals surface area contributed by atoms with Crippen LogP contribution in [0.15, 0.2) is 78.9 Å². The van der Waals surface area contributed by atoms with Gasteiger partial charge in [0.25, 0.3) is 0 Å². The van der Waals surface area contributed by atoms with Crippen molar-refractivity contribution in [3.05, 3.63) is 101 Å². The summed E-state index contributed by atoms with van der Waals surface area (Å²) in [7, 11) is 0. The van der Waals surface area contributed by atoms with E-state index in [4.69, 9.17) is 4.74 Å². The van der Waals surface area contributed by atoms with Gasteiger partial charge in [-0.05, 0) is 54.1 Å². The van der Waals surface area contributed by atoms with Crippen molar-refractivity contribution in [1.29, 1.82) is 5.26 Å². The van der Waals surface area contributed by atoms with E-state index in [0.717, 1.165) is 49.4 Å². The molecule has 2 aliphatic rings. The molecule has 0 radical (unpaired) electrons. The molecule has 0 aliphatic carbocycles. The Kier molecular flexibility index (Phi) is 5.26. The van der Waals surface area contributed by atoms with E-state index < -0.39 is 5.41 Å². The van der Waals surface area contributed by atoms with Crippen molar-refractivity contribution in [2.75, 3.05) is 19.7 Å². The Morgan fingerprint density at radius 3 is 2.32 bits per heavy atom. The van der Waals surface area contributed by atoms with Gasteiger partial charge in [-0.3, -0.25) is 4.90 Å². The minimum Gasteiger partial charge on any atom is -0.493 e. The van der Waals surface area contributed by atoms with Crippen LogP contribution in [0.1, 0.15) is 41.6 Å². The van der Waals surface area contributed by atoms with Crippen LogP contribution in [0.25, 0.3) is 0 Å². The number of nitriles is 1. The van der Waals surface area contributed by atoms with Crippen LogP contribution in [0.5, 0.6) is 5.75 Å². The highest BCUT2D eigenvalue weighted by atomic mass is 16.5. The molecule has 31 heavy (non-hydrogen) atoms. The molecule has 2 aliphatic heterocycles. The molecule has 0 spiro atoms. The highest BCUT2D eigenvalue weighted by Gasteiger charge is 2.46. The van der Waals surface area contributed by atoms with Crippen LogP contribution in [-0.2, 0) is 11.8 Å². The molecule has 5 rings (SSSR count). The van der Waals surface area contributed by atoms with Gasteiger partial charge in [0.1, 0.15) is 11.2 Å². The topological polar surface area (TPSA) is 36.3 Å². The molecule has 1 saturated heterocycles. The first-order valence-electron chi connectivity index (χ1n) is 11.2. The monoisotopic (exact) mass is 408 g/mol. The Morgan fingerprint density at radius 1 is 1.00 bits per heavy atom. The van der Waals surface area contributed by atoms with Crippen LogP contribution in [0.2, 0.25) is 0 Å². The van der Waals surface area contributed by atoms with Gasteiger partial charge in [-0.15, -0.1) is 0 Å². The van der Waals surface area contributed by atoms with E-state index in [2.05, 4.69) is 60.4 Å². The van der Waals surface area contributed by atoms with Gasteiger partial charge < -0.3 is 4.74 Å². The molecular formula is C28H28N2O. The summed E-state index contributed by atoms with van der Waals surface area (Å²) >= 11 is 0. The third-order valence-corrected chi connectivity index (χ3v) is 7.21. The van der Waals surface area contributed by atoms with Crippen molar-refractivity contribution in [2.24, 2.45) is 5.92 Å². The fourth-order valence-electron chi connectivity index (χ4n) is 5.43. The molecule has 3 heteroatoms. The molecule has 3 aromatic rings. The molecule has 3 nitrogen and oxygen atoms in total. The molecule has 3 aromatic carbocycles. The first-order valence-corrected chi connectivity index (χ1v) is 11.2. The van der Waals surface area contributed by atoms with E-state index in [1.54, 1.807) is 0 Å². The highest BCUT2D eigenvalue weighted by molar-refractivity contribution is 5.47. The molecule has 0 N–H and O–H groups in total. The Balaban J connectivity index is 1.46. The maximum Gasteiger partial charge on any atom is 0.122 e. The molecule has 156 valence electrons. The third-order valence-electron chi connectivity index (χ3n) is 7.21. The third kappa shape index (κ3) is 3.42. The zero-order valence-corrected chi connectivity index (χ0v) is 18.0. The number of likely N-dealkylation sites (tertiary alicyclic amines) is 1. The van der Waals surface area contributed by atoms with Gasteiger partial charge in [0.15, 0.2) is 0 Å². The lowest BCUT2D eigenvalue weighted by Gasteiger charge is -2.35. The van der Waals surface area contributed by atoms with Crippen LogP contribution in [0, 0.1) is 17.2 Å². The minimum absolute atomic E-state index is 0.238. The summed E-state index contributed by atoms with van der Waals surface area (Å²) in [6.07, 6.45) is 2.01. The second-order valence-electron chi connectivity index (χ2n) is 8.77. The van der Waals surface area contributed by atoms with E-state index in [0.29, 0.717) is 6.04 Å². The smallest absolute Gasteiger partial charge is 0.122 e. The molecule has 2 atom stereocenters. The lowest BCUT2D eigenvalue weighted by molar-refractivity contribution is 0.242. The summed E-state index contributed by atoms with van der Waals surface area (Å²) in [6, 6.07) is 30.4. The maximum absolute atomic E-state index is 10.6. The van der Waals surface area contributed by atoms with Crippen LogP contribution in [0.3, 0.4) is 0 Å². The first-order chi connectivity index (χ1) is 15.2. The van der Waals surface area contributed by atoms with Crippen molar-refractivity contribution in [2.45, 2.75) is 31.2 Å². The van der Waals surface area contributed by atoms with Gasteiger partial charge in [-0.25, -0.2) is 0 Å².